The number of ether oxygens (including phenoxy) is 1. The molecule has 5 rings (SSSR count). The minimum Gasteiger partial charge on any atom is -0.487 e. The number of amides is 2. The number of nitrogens with one attached hydrogen (secondary N) is 2. The van der Waals surface area contributed by atoms with Crippen molar-refractivity contribution >= 4 is 29.2 Å². The first-order valence-electron chi connectivity index (χ1n) is 11.8. The van der Waals surface area contributed by atoms with Gasteiger partial charge in [-0.3, -0.25) is 9.59 Å². The second-order valence-electron chi connectivity index (χ2n) is 9.01. The van der Waals surface area contributed by atoms with Crippen molar-refractivity contribution in [3.63, 3.8) is 0 Å². The van der Waals surface area contributed by atoms with Crippen LogP contribution in [0.3, 0.4) is 0 Å². The van der Waals surface area contributed by atoms with Gasteiger partial charge in [0.2, 0.25) is 0 Å². The molecule has 1 aromatic heterocycles. The van der Waals surface area contributed by atoms with E-state index in [0.29, 0.717) is 5.56 Å². The van der Waals surface area contributed by atoms with E-state index in [4.69, 9.17) is 4.74 Å². The van der Waals surface area contributed by atoms with E-state index >= 15 is 0 Å². The predicted octanol–water partition coefficient (Wildman–Crippen LogP) is 5.86. The number of benzene rings is 2. The number of thiophene rings is 1. The maximum atomic E-state index is 13.6. The minimum atomic E-state index is -0.310. The number of para-hydroxylation sites is 1. The van der Waals surface area contributed by atoms with E-state index in [0.717, 1.165) is 48.3 Å². The fourth-order valence-corrected chi connectivity index (χ4v) is 5.60. The van der Waals surface area contributed by atoms with Gasteiger partial charge in [0, 0.05) is 22.4 Å². The van der Waals surface area contributed by atoms with Crippen molar-refractivity contribution in [2.75, 3.05) is 0 Å². The zero-order valence-corrected chi connectivity index (χ0v) is 19.8. The molecule has 0 radical (unpaired) electrons. The Kier molecular flexibility index (Phi) is 6.50. The second-order valence-corrected chi connectivity index (χ2v) is 9.99. The lowest BCUT2D eigenvalue weighted by Gasteiger charge is -2.44. The van der Waals surface area contributed by atoms with Crippen LogP contribution in [0.15, 0.2) is 77.8 Å². The summed E-state index contributed by atoms with van der Waals surface area (Å²) < 4.78 is 6.51. The maximum absolute atomic E-state index is 13.6. The first-order valence-corrected chi connectivity index (χ1v) is 12.7. The van der Waals surface area contributed by atoms with E-state index in [1.807, 2.05) is 47.8 Å². The first-order chi connectivity index (χ1) is 16.6. The average Bonchev–Trinajstić information content (AvgIpc) is 3.38. The Balaban J connectivity index is 1.41. The summed E-state index contributed by atoms with van der Waals surface area (Å²) in [5.41, 5.74) is 1.48. The van der Waals surface area contributed by atoms with Crippen LogP contribution in [-0.4, -0.2) is 17.4 Å². The smallest absolute Gasteiger partial charge is 0.268 e. The van der Waals surface area contributed by atoms with Crippen molar-refractivity contribution in [3.8, 4) is 5.75 Å². The van der Waals surface area contributed by atoms with Crippen molar-refractivity contribution in [2.24, 2.45) is 0 Å². The van der Waals surface area contributed by atoms with Crippen LogP contribution in [0.4, 0.5) is 0 Å². The quantitative estimate of drug-likeness (QED) is 0.457. The topological polar surface area (TPSA) is 67.4 Å². The van der Waals surface area contributed by atoms with Crippen LogP contribution in [0, 0.1) is 0 Å². The van der Waals surface area contributed by atoms with Crippen molar-refractivity contribution in [1.82, 2.24) is 10.6 Å². The Hall–Kier alpha value is -3.38. The number of carbonyl (C=O) groups excluding carboxylic acids is 2. The van der Waals surface area contributed by atoms with Crippen molar-refractivity contribution in [1.29, 1.82) is 0 Å². The molecule has 2 N–H and O–H groups in total. The molecule has 0 unspecified atom stereocenters. The standard InChI is InChI=1S/C28H28N2O3S/c31-26(20-10-3-1-4-11-20)29-23(18-21-12-9-17-34-21)27(32)30-24-19-28(15-7-2-8-16-28)33-25-14-6-5-13-22(24)25/h1,3-6,9-14,17-18,24H,2,7-8,15-16,19H2,(H,29,31)(H,30,32)/b23-18-/t24-/m0/s1. The molecular formula is C28H28N2O3S. The summed E-state index contributed by atoms with van der Waals surface area (Å²) in [4.78, 5) is 27.3. The van der Waals surface area contributed by atoms with E-state index in [9.17, 15) is 9.59 Å². The van der Waals surface area contributed by atoms with Gasteiger partial charge in [-0.15, -0.1) is 11.3 Å². The summed E-state index contributed by atoms with van der Waals surface area (Å²) >= 11 is 1.52. The van der Waals surface area contributed by atoms with Crippen LogP contribution in [0.25, 0.3) is 6.08 Å². The summed E-state index contributed by atoms with van der Waals surface area (Å²) in [5, 5.41) is 8.01. The molecule has 2 heterocycles. The predicted molar refractivity (Wildman–Crippen MR) is 135 cm³/mol. The summed E-state index contributed by atoms with van der Waals surface area (Å²) in [6.45, 7) is 0. The van der Waals surface area contributed by atoms with Gasteiger partial charge in [0.1, 0.15) is 17.0 Å². The van der Waals surface area contributed by atoms with Gasteiger partial charge in [-0.2, -0.15) is 0 Å². The first kappa shape index (κ1) is 22.4. The molecule has 1 spiro atoms. The molecule has 3 aromatic rings. The lowest BCUT2D eigenvalue weighted by molar-refractivity contribution is -0.119. The van der Waals surface area contributed by atoms with Crippen LogP contribution < -0.4 is 15.4 Å². The summed E-state index contributed by atoms with van der Waals surface area (Å²) in [7, 11) is 0. The maximum Gasteiger partial charge on any atom is 0.268 e. The SMILES string of the molecule is O=C(N[C@H]1CC2(CCCCC2)Oc2ccccc21)/C(=C/c1cccs1)NC(=O)c1ccccc1. The number of carbonyl (C=O) groups is 2. The fourth-order valence-electron chi connectivity index (χ4n) is 4.94. The van der Waals surface area contributed by atoms with E-state index < -0.39 is 0 Å². The Morgan fingerprint density at radius 2 is 1.71 bits per heavy atom. The van der Waals surface area contributed by atoms with Gasteiger partial charge in [-0.05, 0) is 61.4 Å². The summed E-state index contributed by atoms with van der Waals surface area (Å²) in [6.07, 6.45) is 7.96. The van der Waals surface area contributed by atoms with Crippen molar-refractivity contribution < 1.29 is 14.3 Å². The lowest BCUT2D eigenvalue weighted by atomic mass is 9.77. The van der Waals surface area contributed by atoms with Crippen LogP contribution in [0.2, 0.25) is 0 Å². The molecule has 5 nitrogen and oxygen atoms in total. The molecule has 174 valence electrons. The Morgan fingerprint density at radius 3 is 2.47 bits per heavy atom. The molecule has 1 atom stereocenters. The number of rotatable bonds is 5. The largest absolute Gasteiger partial charge is 0.487 e. The molecule has 2 aliphatic rings. The number of hydrogen-bond donors (Lipinski definition) is 2. The van der Waals surface area contributed by atoms with E-state index in [1.165, 1.54) is 17.8 Å². The normalized spacial score (nSPS) is 19.1. The highest BCUT2D eigenvalue weighted by Gasteiger charge is 2.42. The Labute approximate surface area is 203 Å². The van der Waals surface area contributed by atoms with Gasteiger partial charge in [0.25, 0.3) is 11.8 Å². The third-order valence-electron chi connectivity index (χ3n) is 6.63. The van der Waals surface area contributed by atoms with Crippen LogP contribution in [0.1, 0.15) is 65.4 Å². The zero-order chi connectivity index (χ0) is 23.4. The van der Waals surface area contributed by atoms with Crippen molar-refractivity contribution in [2.45, 2.75) is 50.2 Å². The molecule has 0 saturated heterocycles. The molecule has 2 amide bonds. The molecule has 1 saturated carbocycles. The molecule has 1 fully saturated rings. The third-order valence-corrected chi connectivity index (χ3v) is 7.45. The molecule has 2 aromatic carbocycles. The molecule has 0 bridgehead atoms. The van der Waals surface area contributed by atoms with Crippen LogP contribution in [0.5, 0.6) is 5.75 Å². The second kappa shape index (κ2) is 9.85. The Bertz CT molecular complexity index is 1180. The highest BCUT2D eigenvalue weighted by Crippen LogP contribution is 2.46. The summed E-state index contributed by atoms with van der Waals surface area (Å²) in [6, 6.07) is 20.5. The van der Waals surface area contributed by atoms with Gasteiger partial charge in [0.05, 0.1) is 6.04 Å². The van der Waals surface area contributed by atoms with Gasteiger partial charge < -0.3 is 15.4 Å². The number of hydrogen-bond acceptors (Lipinski definition) is 4. The number of fused-ring (bicyclic) bond motifs is 1. The van der Waals surface area contributed by atoms with Crippen LogP contribution in [-0.2, 0) is 4.79 Å². The molecule has 1 aliphatic carbocycles. The van der Waals surface area contributed by atoms with E-state index in [2.05, 4.69) is 10.6 Å². The lowest BCUT2D eigenvalue weighted by Crippen LogP contribution is -2.47. The minimum absolute atomic E-state index is 0.184. The fraction of sp³-hybridized carbons (Fsp3) is 0.286. The van der Waals surface area contributed by atoms with Crippen molar-refractivity contribution in [3.05, 3.63) is 93.8 Å². The zero-order valence-electron chi connectivity index (χ0n) is 19.0. The van der Waals surface area contributed by atoms with Gasteiger partial charge in [-0.25, -0.2) is 0 Å². The average molecular weight is 473 g/mol. The highest BCUT2D eigenvalue weighted by atomic mass is 32.1. The highest BCUT2D eigenvalue weighted by molar-refractivity contribution is 7.10. The van der Waals surface area contributed by atoms with Crippen LogP contribution >= 0.6 is 11.3 Å². The monoisotopic (exact) mass is 472 g/mol. The van der Waals surface area contributed by atoms with Gasteiger partial charge in [0.15, 0.2) is 0 Å². The van der Waals surface area contributed by atoms with E-state index in [-0.39, 0.29) is 29.2 Å². The molecular weight excluding hydrogens is 444 g/mol. The molecule has 6 heteroatoms. The van der Waals surface area contributed by atoms with Gasteiger partial charge >= 0.3 is 0 Å². The summed E-state index contributed by atoms with van der Waals surface area (Å²) in [5.74, 6) is 0.234. The van der Waals surface area contributed by atoms with Gasteiger partial charge in [-0.1, -0.05) is 48.9 Å². The Morgan fingerprint density at radius 1 is 0.941 bits per heavy atom. The molecule has 34 heavy (non-hydrogen) atoms. The van der Waals surface area contributed by atoms with E-state index in [1.54, 1.807) is 30.3 Å². The third kappa shape index (κ3) is 4.92. The molecule has 1 aliphatic heterocycles.